The molecule has 2 aromatic rings. The Labute approximate surface area is 114 Å². The Balaban J connectivity index is 2.17. The van der Waals surface area contributed by atoms with Crippen molar-refractivity contribution in [1.29, 1.82) is 0 Å². The lowest BCUT2D eigenvalue weighted by Gasteiger charge is -2.20. The van der Waals surface area contributed by atoms with Gasteiger partial charge in [-0.3, -0.25) is 0 Å². The van der Waals surface area contributed by atoms with E-state index in [1.165, 1.54) is 11.1 Å². The van der Waals surface area contributed by atoms with Crippen molar-refractivity contribution in [3.8, 4) is 5.75 Å². The predicted octanol–water partition coefficient (Wildman–Crippen LogP) is 3.12. The summed E-state index contributed by atoms with van der Waals surface area (Å²) in [6.07, 6.45) is 0. The van der Waals surface area contributed by atoms with Crippen LogP contribution in [-0.4, -0.2) is 13.7 Å². The third kappa shape index (κ3) is 3.26. The van der Waals surface area contributed by atoms with Crippen LogP contribution >= 0.6 is 0 Å². The first-order valence-electron chi connectivity index (χ1n) is 6.40. The molecule has 0 amide bonds. The first kappa shape index (κ1) is 13.4. The molecule has 0 aliphatic rings. The molecule has 0 radical (unpaired) electrons. The number of benzene rings is 2. The monoisotopic (exact) mass is 256 g/mol. The Morgan fingerprint density at radius 2 is 1.79 bits per heavy atom. The highest BCUT2D eigenvalue weighted by molar-refractivity contribution is 5.49. The number of ether oxygens (including phenoxy) is 1. The van der Waals surface area contributed by atoms with Crippen molar-refractivity contribution in [3.63, 3.8) is 0 Å². The lowest BCUT2D eigenvalue weighted by Crippen LogP contribution is -2.21. The normalized spacial score (nSPS) is 11.9. The van der Waals surface area contributed by atoms with Gasteiger partial charge in [0, 0.05) is 12.2 Å². The summed E-state index contributed by atoms with van der Waals surface area (Å²) in [6, 6.07) is 16.3. The summed E-state index contributed by atoms with van der Waals surface area (Å²) in [5.41, 5.74) is 9.42. The largest absolute Gasteiger partial charge is 0.497 e. The number of hydrogen-bond donors (Lipinski definition) is 2. The summed E-state index contributed by atoms with van der Waals surface area (Å²) >= 11 is 0. The molecule has 0 fully saturated rings. The Morgan fingerprint density at radius 3 is 2.37 bits per heavy atom. The molecule has 2 aromatic carbocycles. The fourth-order valence-electron chi connectivity index (χ4n) is 2.13. The van der Waals surface area contributed by atoms with E-state index >= 15 is 0 Å². The molecule has 0 bridgehead atoms. The van der Waals surface area contributed by atoms with Crippen molar-refractivity contribution in [2.45, 2.75) is 13.0 Å². The summed E-state index contributed by atoms with van der Waals surface area (Å²) in [7, 11) is 1.67. The number of rotatable bonds is 5. The van der Waals surface area contributed by atoms with Crippen molar-refractivity contribution in [2.24, 2.45) is 5.73 Å². The van der Waals surface area contributed by atoms with Crippen LogP contribution in [0.2, 0.25) is 0 Å². The van der Waals surface area contributed by atoms with E-state index in [1.807, 2.05) is 36.4 Å². The predicted molar refractivity (Wildman–Crippen MR) is 79.6 cm³/mol. The fourth-order valence-corrected chi connectivity index (χ4v) is 2.13. The Bertz CT molecular complexity index is 523. The van der Waals surface area contributed by atoms with Crippen molar-refractivity contribution in [2.75, 3.05) is 19.0 Å². The van der Waals surface area contributed by atoms with Crippen LogP contribution in [0.15, 0.2) is 48.5 Å². The lowest BCUT2D eigenvalue weighted by molar-refractivity contribution is 0.415. The van der Waals surface area contributed by atoms with Crippen LogP contribution < -0.4 is 15.8 Å². The fraction of sp³-hybridized carbons (Fsp3) is 0.250. The summed E-state index contributed by atoms with van der Waals surface area (Å²) in [4.78, 5) is 0. The molecule has 3 heteroatoms. The van der Waals surface area contributed by atoms with Gasteiger partial charge < -0.3 is 15.8 Å². The zero-order chi connectivity index (χ0) is 13.7. The van der Waals surface area contributed by atoms with Crippen molar-refractivity contribution < 1.29 is 4.74 Å². The smallest absolute Gasteiger partial charge is 0.119 e. The molecular weight excluding hydrogens is 236 g/mol. The molecule has 3 N–H and O–H groups in total. The molecule has 0 aliphatic carbocycles. The van der Waals surface area contributed by atoms with Crippen LogP contribution in [0.4, 0.5) is 5.69 Å². The summed E-state index contributed by atoms with van der Waals surface area (Å²) in [6.45, 7) is 2.66. The highest BCUT2D eigenvalue weighted by Crippen LogP contribution is 2.23. The van der Waals surface area contributed by atoms with Crippen molar-refractivity contribution in [1.82, 2.24) is 0 Å². The highest BCUT2D eigenvalue weighted by atomic mass is 16.5. The van der Waals surface area contributed by atoms with E-state index in [9.17, 15) is 0 Å². The van der Waals surface area contributed by atoms with Crippen LogP contribution in [0, 0.1) is 6.92 Å². The first-order chi connectivity index (χ1) is 9.24. The van der Waals surface area contributed by atoms with E-state index in [1.54, 1.807) is 7.11 Å². The lowest BCUT2D eigenvalue weighted by atomic mass is 10.0. The molecular formula is C16H20N2O. The van der Waals surface area contributed by atoms with Gasteiger partial charge in [-0.2, -0.15) is 0 Å². The number of nitrogens with two attached hydrogens (primary N) is 1. The van der Waals surface area contributed by atoms with E-state index in [4.69, 9.17) is 10.5 Å². The Kier molecular flexibility index (Phi) is 4.42. The molecule has 0 saturated heterocycles. The van der Waals surface area contributed by atoms with Crippen LogP contribution in [0.3, 0.4) is 0 Å². The average Bonchev–Trinajstić information content (AvgIpc) is 2.46. The minimum absolute atomic E-state index is 0.120. The van der Waals surface area contributed by atoms with Crippen LogP contribution in [0.25, 0.3) is 0 Å². The van der Waals surface area contributed by atoms with Crippen LogP contribution in [0.5, 0.6) is 5.75 Å². The molecule has 100 valence electrons. The van der Waals surface area contributed by atoms with Crippen molar-refractivity contribution in [3.05, 3.63) is 59.7 Å². The van der Waals surface area contributed by atoms with E-state index in [2.05, 4.69) is 24.4 Å². The summed E-state index contributed by atoms with van der Waals surface area (Å²) < 4.78 is 5.15. The molecule has 2 rings (SSSR count). The second-order valence-corrected chi connectivity index (χ2v) is 4.52. The molecule has 0 aromatic heterocycles. The van der Waals surface area contributed by atoms with Gasteiger partial charge in [0.15, 0.2) is 0 Å². The summed E-state index contributed by atoms with van der Waals surface area (Å²) in [5.74, 6) is 0.853. The quantitative estimate of drug-likeness (QED) is 0.864. The third-order valence-electron chi connectivity index (χ3n) is 3.23. The van der Waals surface area contributed by atoms with Crippen LogP contribution in [0.1, 0.15) is 17.2 Å². The zero-order valence-corrected chi connectivity index (χ0v) is 11.4. The van der Waals surface area contributed by atoms with Crippen molar-refractivity contribution >= 4 is 5.69 Å². The number of aryl methyl sites for hydroxylation is 1. The Morgan fingerprint density at radius 1 is 1.11 bits per heavy atom. The first-order valence-corrected chi connectivity index (χ1v) is 6.40. The molecule has 1 unspecified atom stereocenters. The number of nitrogens with one attached hydrogen (secondary N) is 1. The van der Waals surface area contributed by atoms with Gasteiger partial charge in [-0.1, -0.05) is 24.3 Å². The minimum Gasteiger partial charge on any atom is -0.497 e. The van der Waals surface area contributed by atoms with Gasteiger partial charge in [0.1, 0.15) is 5.75 Å². The molecule has 1 atom stereocenters. The van der Waals surface area contributed by atoms with E-state index in [0.29, 0.717) is 6.54 Å². The number of hydrogen-bond acceptors (Lipinski definition) is 3. The topological polar surface area (TPSA) is 47.3 Å². The molecule has 0 saturated carbocycles. The number of methoxy groups -OCH3 is 1. The molecule has 0 aliphatic heterocycles. The van der Waals surface area contributed by atoms with Gasteiger partial charge >= 0.3 is 0 Å². The van der Waals surface area contributed by atoms with Gasteiger partial charge in [0.05, 0.1) is 13.2 Å². The van der Waals surface area contributed by atoms with E-state index in [0.717, 1.165) is 11.4 Å². The Hall–Kier alpha value is -2.00. The molecule has 3 nitrogen and oxygen atoms in total. The molecule has 19 heavy (non-hydrogen) atoms. The maximum atomic E-state index is 5.89. The maximum absolute atomic E-state index is 5.89. The molecule has 0 heterocycles. The zero-order valence-electron chi connectivity index (χ0n) is 11.4. The van der Waals surface area contributed by atoms with Gasteiger partial charge in [0.25, 0.3) is 0 Å². The van der Waals surface area contributed by atoms with Gasteiger partial charge in [-0.05, 0) is 42.3 Å². The van der Waals surface area contributed by atoms with E-state index < -0.39 is 0 Å². The highest BCUT2D eigenvalue weighted by Gasteiger charge is 2.11. The van der Waals surface area contributed by atoms with Gasteiger partial charge in [-0.15, -0.1) is 0 Å². The van der Waals surface area contributed by atoms with Gasteiger partial charge in [0.2, 0.25) is 0 Å². The summed E-state index contributed by atoms with van der Waals surface area (Å²) in [5, 5.41) is 3.46. The van der Waals surface area contributed by atoms with E-state index in [-0.39, 0.29) is 6.04 Å². The minimum atomic E-state index is 0.120. The average molecular weight is 256 g/mol. The second kappa shape index (κ2) is 6.25. The maximum Gasteiger partial charge on any atom is 0.119 e. The SMILES string of the molecule is COc1ccc(NC(CN)c2ccccc2C)cc1. The third-order valence-corrected chi connectivity index (χ3v) is 3.23. The molecule has 0 spiro atoms. The second-order valence-electron chi connectivity index (χ2n) is 4.52. The van der Waals surface area contributed by atoms with Gasteiger partial charge in [-0.25, -0.2) is 0 Å². The number of anilines is 1. The standard InChI is InChI=1S/C16H20N2O/c1-12-5-3-4-6-15(12)16(11-17)18-13-7-9-14(19-2)10-8-13/h3-10,16,18H,11,17H2,1-2H3. The van der Waals surface area contributed by atoms with Crippen LogP contribution in [-0.2, 0) is 0 Å².